The average molecular weight is 534 g/mol. The zero-order valence-corrected chi connectivity index (χ0v) is 23.6. The second-order valence-corrected chi connectivity index (χ2v) is 11.0. The van der Waals surface area contributed by atoms with Gasteiger partial charge in [-0.25, -0.2) is 19.0 Å². The van der Waals surface area contributed by atoms with Crippen LogP contribution in [0, 0.1) is 6.92 Å². The zero-order valence-electron chi connectivity index (χ0n) is 23.6. The fourth-order valence-corrected chi connectivity index (χ4v) is 6.35. The molecule has 11 nitrogen and oxygen atoms in total. The van der Waals surface area contributed by atoms with Crippen molar-refractivity contribution in [3.63, 3.8) is 0 Å². The lowest BCUT2D eigenvalue weighted by atomic mass is 9.99. The molecule has 0 aromatic carbocycles. The molecule has 0 aliphatic carbocycles. The maximum atomic E-state index is 12.7. The van der Waals surface area contributed by atoms with Crippen LogP contribution in [-0.4, -0.2) is 70.6 Å². The lowest BCUT2D eigenvalue weighted by molar-refractivity contribution is -0.0387. The molecule has 0 radical (unpaired) electrons. The van der Waals surface area contributed by atoms with E-state index in [1.807, 2.05) is 22.3 Å². The van der Waals surface area contributed by atoms with Crippen molar-refractivity contribution < 1.29 is 4.74 Å². The SMILES string of the molecule is CC[C@H]1CN(C(C)c2ccc3nc(C)cn3n2)[C@H](CC)CN1c1c2c(cnc(=O)n2C)nn1C1CCCCO1. The Balaban J connectivity index is 1.39. The summed E-state index contributed by atoms with van der Waals surface area (Å²) in [6.45, 7) is 11.2. The minimum Gasteiger partial charge on any atom is -0.356 e. The van der Waals surface area contributed by atoms with Crippen LogP contribution < -0.4 is 10.6 Å². The molecular weight excluding hydrogens is 494 g/mol. The van der Waals surface area contributed by atoms with Crippen LogP contribution in [0.4, 0.5) is 5.82 Å². The lowest BCUT2D eigenvalue weighted by Gasteiger charge is -2.49. The number of ether oxygens (including phenoxy) is 1. The van der Waals surface area contributed by atoms with Crippen LogP contribution in [0.15, 0.2) is 29.3 Å². The number of imidazole rings is 1. The third-order valence-electron chi connectivity index (χ3n) is 8.57. The van der Waals surface area contributed by atoms with Gasteiger partial charge >= 0.3 is 5.69 Å². The van der Waals surface area contributed by atoms with Gasteiger partial charge < -0.3 is 9.64 Å². The second kappa shape index (κ2) is 10.3. The molecule has 4 aromatic rings. The Morgan fingerprint density at radius 2 is 1.92 bits per heavy atom. The van der Waals surface area contributed by atoms with Gasteiger partial charge in [-0.15, -0.1) is 0 Å². The molecule has 11 heteroatoms. The van der Waals surface area contributed by atoms with Gasteiger partial charge in [-0.05, 0) is 58.1 Å². The first-order valence-corrected chi connectivity index (χ1v) is 14.3. The molecule has 2 aliphatic heterocycles. The monoisotopic (exact) mass is 533 g/mol. The predicted molar refractivity (Wildman–Crippen MR) is 150 cm³/mol. The van der Waals surface area contributed by atoms with E-state index in [2.05, 4.69) is 52.7 Å². The minimum absolute atomic E-state index is 0.139. The van der Waals surface area contributed by atoms with Gasteiger partial charge in [-0.2, -0.15) is 15.2 Å². The number of hydrogen-bond donors (Lipinski definition) is 0. The van der Waals surface area contributed by atoms with Gasteiger partial charge in [0.15, 0.2) is 17.7 Å². The van der Waals surface area contributed by atoms with Crippen LogP contribution in [0.25, 0.3) is 16.7 Å². The van der Waals surface area contributed by atoms with Crippen molar-refractivity contribution >= 4 is 22.5 Å². The predicted octanol–water partition coefficient (Wildman–Crippen LogP) is 3.62. The Labute approximate surface area is 228 Å². The number of aromatic nitrogens is 7. The van der Waals surface area contributed by atoms with Crippen molar-refractivity contribution in [2.24, 2.45) is 7.05 Å². The van der Waals surface area contributed by atoms with Crippen LogP contribution >= 0.6 is 0 Å². The summed E-state index contributed by atoms with van der Waals surface area (Å²) in [6, 6.07) is 4.85. The van der Waals surface area contributed by atoms with Crippen LogP contribution in [0.5, 0.6) is 0 Å². The highest BCUT2D eigenvalue weighted by Crippen LogP contribution is 2.37. The van der Waals surface area contributed by atoms with Gasteiger partial charge in [0.2, 0.25) is 0 Å². The maximum absolute atomic E-state index is 12.7. The second-order valence-electron chi connectivity index (χ2n) is 11.0. The Hall–Kier alpha value is -3.31. The van der Waals surface area contributed by atoms with E-state index in [4.69, 9.17) is 14.9 Å². The molecule has 0 saturated carbocycles. The van der Waals surface area contributed by atoms with Crippen molar-refractivity contribution in [3.05, 3.63) is 46.4 Å². The quantitative estimate of drug-likeness (QED) is 0.371. The molecule has 2 fully saturated rings. The zero-order chi connectivity index (χ0) is 27.3. The van der Waals surface area contributed by atoms with Gasteiger partial charge in [0, 0.05) is 38.8 Å². The highest BCUT2D eigenvalue weighted by molar-refractivity contribution is 5.87. The van der Waals surface area contributed by atoms with Crippen molar-refractivity contribution in [2.45, 2.75) is 84.2 Å². The van der Waals surface area contributed by atoms with E-state index in [-0.39, 0.29) is 24.0 Å². The van der Waals surface area contributed by atoms with Crippen LogP contribution in [-0.2, 0) is 11.8 Å². The molecular formula is C28H39N9O2. The molecule has 4 atom stereocenters. The van der Waals surface area contributed by atoms with Crippen molar-refractivity contribution in [3.8, 4) is 0 Å². The molecule has 0 spiro atoms. The van der Waals surface area contributed by atoms with Gasteiger partial charge in [0.05, 0.1) is 29.8 Å². The van der Waals surface area contributed by atoms with Gasteiger partial charge in [0.25, 0.3) is 0 Å². The topological polar surface area (TPSA) is 98.6 Å². The molecule has 0 amide bonds. The smallest absolute Gasteiger partial charge is 0.347 e. The van der Waals surface area contributed by atoms with E-state index in [9.17, 15) is 4.79 Å². The summed E-state index contributed by atoms with van der Waals surface area (Å²) in [5.74, 6) is 0.977. The van der Waals surface area contributed by atoms with Crippen molar-refractivity contribution in [1.82, 2.24) is 38.8 Å². The molecule has 6 heterocycles. The number of nitrogens with zero attached hydrogens (tertiary/aromatic N) is 9. The Bertz CT molecular complexity index is 1530. The van der Waals surface area contributed by atoms with Crippen LogP contribution in [0.3, 0.4) is 0 Å². The van der Waals surface area contributed by atoms with Gasteiger partial charge in [0.1, 0.15) is 11.0 Å². The Morgan fingerprint density at radius 1 is 1.10 bits per heavy atom. The minimum atomic E-state index is -0.267. The maximum Gasteiger partial charge on any atom is 0.347 e. The van der Waals surface area contributed by atoms with E-state index in [1.165, 1.54) is 0 Å². The van der Waals surface area contributed by atoms with E-state index < -0.39 is 0 Å². The van der Waals surface area contributed by atoms with E-state index in [1.54, 1.807) is 17.8 Å². The molecule has 4 aromatic heterocycles. The van der Waals surface area contributed by atoms with Crippen molar-refractivity contribution in [2.75, 3.05) is 24.6 Å². The summed E-state index contributed by atoms with van der Waals surface area (Å²) in [5.41, 5.74) is 4.18. The fraction of sp³-hybridized carbons (Fsp3) is 0.607. The van der Waals surface area contributed by atoms with Crippen molar-refractivity contribution in [1.29, 1.82) is 0 Å². The third-order valence-corrected chi connectivity index (χ3v) is 8.57. The molecule has 2 saturated heterocycles. The largest absolute Gasteiger partial charge is 0.356 e. The summed E-state index contributed by atoms with van der Waals surface area (Å²) >= 11 is 0. The van der Waals surface area contributed by atoms with Gasteiger partial charge in [-0.1, -0.05) is 13.8 Å². The van der Waals surface area contributed by atoms with E-state index in [0.29, 0.717) is 6.04 Å². The summed E-state index contributed by atoms with van der Waals surface area (Å²) in [7, 11) is 1.80. The Morgan fingerprint density at radius 3 is 2.67 bits per heavy atom. The number of rotatable bonds is 6. The fourth-order valence-electron chi connectivity index (χ4n) is 6.35. The van der Waals surface area contributed by atoms with Gasteiger partial charge in [-0.3, -0.25) is 9.47 Å². The molecule has 39 heavy (non-hydrogen) atoms. The Kier molecular flexibility index (Phi) is 6.88. The molecule has 0 N–H and O–H groups in total. The number of aryl methyl sites for hydroxylation is 2. The summed E-state index contributed by atoms with van der Waals surface area (Å²) in [6.07, 6.45) is 8.49. The third kappa shape index (κ3) is 4.51. The standard InChI is InChI=1S/C28H39N9O2/c1-6-20-17-35(21(7-2)16-34(20)19(4)22-11-12-24-30-18(3)15-36(24)31-22)27-26-23(14-29-28(38)33(26)5)32-37(27)25-10-8-9-13-39-25/h11-12,14-15,19-21,25H,6-10,13,16-17H2,1-5H3/t19?,20-,21+,25?/m1/s1. The van der Waals surface area contributed by atoms with Crippen LogP contribution in [0.1, 0.15) is 76.5 Å². The average Bonchev–Trinajstić information content (AvgIpc) is 3.54. The molecule has 208 valence electrons. The summed E-state index contributed by atoms with van der Waals surface area (Å²) in [4.78, 5) is 26.4. The summed E-state index contributed by atoms with van der Waals surface area (Å²) in [5, 5.41) is 9.88. The number of piperazine rings is 1. The molecule has 2 unspecified atom stereocenters. The first-order valence-electron chi connectivity index (χ1n) is 14.3. The number of anilines is 1. The molecule has 6 rings (SSSR count). The van der Waals surface area contributed by atoms with E-state index in [0.717, 1.165) is 85.7 Å². The molecule has 0 bridgehead atoms. The molecule has 2 aliphatic rings. The highest BCUT2D eigenvalue weighted by atomic mass is 16.5. The first kappa shape index (κ1) is 25.9. The van der Waals surface area contributed by atoms with Crippen LogP contribution in [0.2, 0.25) is 0 Å². The normalized spacial score (nSPS) is 23.6. The lowest BCUT2D eigenvalue weighted by Crippen LogP contribution is -2.59. The first-order chi connectivity index (χ1) is 18.9. The summed E-state index contributed by atoms with van der Waals surface area (Å²) < 4.78 is 11.8. The number of fused-ring (bicyclic) bond motifs is 2. The number of hydrogen-bond acceptors (Lipinski definition) is 8. The van der Waals surface area contributed by atoms with E-state index >= 15 is 0 Å². The highest BCUT2D eigenvalue weighted by Gasteiger charge is 2.39.